The number of aryl methyl sites for hydroxylation is 1. The summed E-state index contributed by atoms with van der Waals surface area (Å²) < 4.78 is 14.9. The minimum atomic E-state index is -0.290. The number of thiazole rings is 1. The zero-order chi connectivity index (χ0) is 17.1. The first-order chi connectivity index (χ1) is 10.8. The highest BCUT2D eigenvalue weighted by atomic mass is 32.1. The maximum Gasteiger partial charge on any atom is 0.346 e. The molecule has 2 rings (SSSR count). The van der Waals surface area contributed by atoms with Crippen LogP contribution in [0.1, 0.15) is 32.6 Å². The molecule has 0 aliphatic carbocycles. The van der Waals surface area contributed by atoms with Crippen LogP contribution in [0.4, 0.5) is 9.18 Å². The Morgan fingerprint density at radius 3 is 2.26 bits per heavy atom. The summed E-state index contributed by atoms with van der Waals surface area (Å²) in [5.41, 5.74) is 0.781. The van der Waals surface area contributed by atoms with Gasteiger partial charge in [0.05, 0.1) is 0 Å². The molecule has 23 heavy (non-hydrogen) atoms. The van der Waals surface area contributed by atoms with Crippen molar-refractivity contribution >= 4 is 17.4 Å². The number of urea groups is 1. The Kier molecular flexibility index (Phi) is 5.36. The molecule has 1 aromatic heterocycles. The first-order valence-corrected chi connectivity index (χ1v) is 8.43. The van der Waals surface area contributed by atoms with Crippen molar-refractivity contribution in [1.29, 1.82) is 0 Å². The number of aromatic nitrogens is 1. The molecule has 0 saturated carbocycles. The van der Waals surface area contributed by atoms with E-state index in [-0.39, 0.29) is 23.9 Å². The van der Waals surface area contributed by atoms with E-state index in [1.54, 1.807) is 17.0 Å². The lowest BCUT2D eigenvalue weighted by Crippen LogP contribution is -2.41. The number of hydrogen-bond acceptors (Lipinski definition) is 2. The molecule has 0 fully saturated rings. The molecular formula is C17H22FN3OS. The third-order valence-electron chi connectivity index (χ3n) is 3.40. The van der Waals surface area contributed by atoms with E-state index in [1.807, 2.05) is 45.4 Å². The van der Waals surface area contributed by atoms with Gasteiger partial charge in [0, 0.05) is 28.8 Å². The monoisotopic (exact) mass is 335 g/mol. The summed E-state index contributed by atoms with van der Waals surface area (Å²) in [7, 11) is 0. The molecule has 0 aliphatic heterocycles. The Morgan fingerprint density at radius 1 is 1.17 bits per heavy atom. The van der Waals surface area contributed by atoms with Gasteiger partial charge in [0.15, 0.2) is 4.80 Å². The number of amides is 2. The fraction of sp³-hybridized carbons (Fsp3) is 0.412. The second kappa shape index (κ2) is 7.08. The standard InChI is InChI=1S/C17H22FN3OS/c1-11(2)21(12(3)4)16(22)19-17-20(10-13(5)23-17)15-8-6-14(18)7-9-15/h6-12H,1-5H3/b19-17-. The van der Waals surface area contributed by atoms with Gasteiger partial charge in [-0.1, -0.05) is 0 Å². The summed E-state index contributed by atoms with van der Waals surface area (Å²) >= 11 is 1.44. The average molecular weight is 335 g/mol. The first-order valence-electron chi connectivity index (χ1n) is 7.61. The molecule has 2 amide bonds. The van der Waals surface area contributed by atoms with Crippen molar-refractivity contribution in [3.05, 3.63) is 46.0 Å². The van der Waals surface area contributed by atoms with Crippen LogP contribution in [0, 0.1) is 12.7 Å². The summed E-state index contributed by atoms with van der Waals surface area (Å²) in [4.78, 5) is 20.2. The minimum absolute atomic E-state index is 0.0755. The number of hydrogen-bond donors (Lipinski definition) is 0. The van der Waals surface area contributed by atoms with Gasteiger partial charge in [-0.25, -0.2) is 9.18 Å². The van der Waals surface area contributed by atoms with Gasteiger partial charge in [0.1, 0.15) is 5.82 Å². The van der Waals surface area contributed by atoms with Crippen molar-refractivity contribution in [1.82, 2.24) is 9.47 Å². The summed E-state index contributed by atoms with van der Waals surface area (Å²) in [6, 6.07) is 6.04. The smallest absolute Gasteiger partial charge is 0.318 e. The number of nitrogens with zero attached hydrogens (tertiary/aromatic N) is 3. The van der Waals surface area contributed by atoms with Gasteiger partial charge < -0.3 is 4.90 Å². The van der Waals surface area contributed by atoms with E-state index < -0.39 is 0 Å². The Bertz CT molecular complexity index is 736. The Labute approximate surface area is 139 Å². The molecular weight excluding hydrogens is 313 g/mol. The molecule has 0 spiro atoms. The first kappa shape index (κ1) is 17.4. The summed E-state index contributed by atoms with van der Waals surface area (Å²) in [6.45, 7) is 9.85. The van der Waals surface area contributed by atoms with E-state index >= 15 is 0 Å². The molecule has 124 valence electrons. The zero-order valence-corrected chi connectivity index (χ0v) is 14.9. The van der Waals surface area contributed by atoms with Crippen LogP contribution in [-0.4, -0.2) is 27.6 Å². The predicted octanol–water partition coefficient (Wildman–Crippen LogP) is 4.13. The van der Waals surface area contributed by atoms with Gasteiger partial charge in [-0.2, -0.15) is 4.99 Å². The normalized spacial score (nSPS) is 12.3. The summed E-state index contributed by atoms with van der Waals surface area (Å²) in [6.07, 6.45) is 1.90. The van der Waals surface area contributed by atoms with Crippen molar-refractivity contribution in [3.8, 4) is 5.69 Å². The number of carbonyl (C=O) groups excluding carboxylic acids is 1. The maximum absolute atomic E-state index is 13.1. The lowest BCUT2D eigenvalue weighted by molar-refractivity contribution is 0.174. The van der Waals surface area contributed by atoms with E-state index in [0.29, 0.717) is 4.80 Å². The second-order valence-electron chi connectivity index (χ2n) is 5.96. The van der Waals surface area contributed by atoms with Gasteiger partial charge in [-0.3, -0.25) is 4.57 Å². The molecule has 6 heteroatoms. The van der Waals surface area contributed by atoms with Gasteiger partial charge in [-0.15, -0.1) is 11.3 Å². The van der Waals surface area contributed by atoms with Gasteiger partial charge in [-0.05, 0) is 58.9 Å². The quantitative estimate of drug-likeness (QED) is 0.831. The largest absolute Gasteiger partial charge is 0.346 e. The van der Waals surface area contributed by atoms with Crippen LogP contribution in [0.3, 0.4) is 0 Å². The molecule has 4 nitrogen and oxygen atoms in total. The van der Waals surface area contributed by atoms with Crippen LogP contribution in [-0.2, 0) is 0 Å². The molecule has 0 atom stereocenters. The fourth-order valence-electron chi connectivity index (χ4n) is 2.50. The van der Waals surface area contributed by atoms with E-state index in [4.69, 9.17) is 0 Å². The average Bonchev–Trinajstić information content (AvgIpc) is 2.79. The van der Waals surface area contributed by atoms with Crippen molar-refractivity contribution in [3.63, 3.8) is 0 Å². The number of benzene rings is 1. The van der Waals surface area contributed by atoms with E-state index in [1.165, 1.54) is 23.5 Å². The zero-order valence-electron chi connectivity index (χ0n) is 14.1. The van der Waals surface area contributed by atoms with Crippen LogP contribution in [0.5, 0.6) is 0 Å². The lowest BCUT2D eigenvalue weighted by Gasteiger charge is -2.28. The highest BCUT2D eigenvalue weighted by Gasteiger charge is 2.19. The number of halogens is 1. The third-order valence-corrected chi connectivity index (χ3v) is 4.30. The molecule has 2 aromatic rings. The highest BCUT2D eigenvalue weighted by molar-refractivity contribution is 7.09. The molecule has 0 radical (unpaired) electrons. The molecule has 0 N–H and O–H groups in total. The van der Waals surface area contributed by atoms with Crippen LogP contribution in [0.2, 0.25) is 0 Å². The Balaban J connectivity index is 2.47. The van der Waals surface area contributed by atoms with Crippen LogP contribution >= 0.6 is 11.3 Å². The molecule has 1 aromatic carbocycles. The third kappa shape index (κ3) is 4.07. The molecule has 0 aliphatic rings. The van der Waals surface area contributed by atoms with Crippen LogP contribution in [0.25, 0.3) is 5.69 Å². The van der Waals surface area contributed by atoms with Crippen LogP contribution < -0.4 is 4.80 Å². The molecule has 0 saturated heterocycles. The fourth-order valence-corrected chi connectivity index (χ4v) is 3.32. The van der Waals surface area contributed by atoms with E-state index in [2.05, 4.69) is 4.99 Å². The summed E-state index contributed by atoms with van der Waals surface area (Å²) in [5, 5.41) is 0. The molecule has 0 unspecified atom stereocenters. The van der Waals surface area contributed by atoms with Crippen molar-refractivity contribution in [2.24, 2.45) is 4.99 Å². The molecule has 0 bridgehead atoms. The van der Waals surface area contributed by atoms with Crippen LogP contribution in [0.15, 0.2) is 35.5 Å². The van der Waals surface area contributed by atoms with Gasteiger partial charge >= 0.3 is 6.03 Å². The predicted molar refractivity (Wildman–Crippen MR) is 91.4 cm³/mol. The second-order valence-corrected chi connectivity index (χ2v) is 7.17. The Hall–Kier alpha value is -1.95. The van der Waals surface area contributed by atoms with Crippen molar-refractivity contribution in [2.45, 2.75) is 46.7 Å². The topological polar surface area (TPSA) is 37.6 Å². The number of rotatable bonds is 3. The van der Waals surface area contributed by atoms with E-state index in [9.17, 15) is 9.18 Å². The minimum Gasteiger partial charge on any atom is -0.318 e. The SMILES string of the molecule is Cc1cn(-c2ccc(F)cc2)/c(=N/C(=O)N(C(C)C)C(C)C)s1. The van der Waals surface area contributed by atoms with Crippen molar-refractivity contribution < 1.29 is 9.18 Å². The lowest BCUT2D eigenvalue weighted by atomic mass is 10.2. The maximum atomic E-state index is 13.1. The van der Waals surface area contributed by atoms with Gasteiger partial charge in [0.2, 0.25) is 0 Å². The highest BCUT2D eigenvalue weighted by Crippen LogP contribution is 2.12. The van der Waals surface area contributed by atoms with Gasteiger partial charge in [0.25, 0.3) is 0 Å². The molecule has 1 heterocycles. The number of carbonyl (C=O) groups is 1. The van der Waals surface area contributed by atoms with E-state index in [0.717, 1.165) is 10.6 Å². The Morgan fingerprint density at radius 2 is 1.74 bits per heavy atom. The van der Waals surface area contributed by atoms with Crippen molar-refractivity contribution in [2.75, 3.05) is 0 Å². The summed E-state index contributed by atoms with van der Waals surface area (Å²) in [5.74, 6) is -0.290.